The lowest BCUT2D eigenvalue weighted by atomic mass is 10.1. The molecular formula is C20H21N3O. The lowest BCUT2D eigenvalue weighted by Crippen LogP contribution is -1.82. The molecule has 0 saturated carbocycles. The molecule has 4 rings (SSSR count). The number of fused-ring (bicyclic) bond motifs is 2. The molecule has 0 aliphatic carbocycles. The minimum atomic E-state index is 0.554. The van der Waals surface area contributed by atoms with Gasteiger partial charge in [0, 0.05) is 17.1 Å². The van der Waals surface area contributed by atoms with Gasteiger partial charge in [0.2, 0.25) is 0 Å². The lowest BCUT2D eigenvalue weighted by molar-refractivity contribution is 0.112. The van der Waals surface area contributed by atoms with Crippen molar-refractivity contribution in [3.05, 3.63) is 64.5 Å². The van der Waals surface area contributed by atoms with Crippen molar-refractivity contribution in [2.75, 3.05) is 0 Å². The van der Waals surface area contributed by atoms with Crippen LogP contribution in [-0.4, -0.2) is 21.5 Å². The first-order valence-corrected chi connectivity index (χ1v) is 7.94. The zero-order chi connectivity index (χ0) is 17.3. The molecule has 2 aromatic heterocycles. The second-order valence-electron chi connectivity index (χ2n) is 6.21. The Morgan fingerprint density at radius 3 is 2.33 bits per heavy atom. The average molecular weight is 319 g/mol. The molecule has 4 heteroatoms. The molecule has 0 spiro atoms. The van der Waals surface area contributed by atoms with E-state index < -0.39 is 0 Å². The molecule has 122 valence electrons. The number of carbonyl (C=O) groups is 1. The van der Waals surface area contributed by atoms with Gasteiger partial charge in [-0.05, 0) is 85.7 Å². The fourth-order valence-electron chi connectivity index (χ4n) is 2.70. The van der Waals surface area contributed by atoms with Crippen LogP contribution in [0.2, 0.25) is 0 Å². The second kappa shape index (κ2) is 6.32. The minimum absolute atomic E-state index is 0.554. The number of nitrogens with one attached hydrogen (secondary N) is 2. The predicted octanol–water partition coefficient (Wildman–Crippen LogP) is 4.78. The number of aryl methyl sites for hydroxylation is 4. The Hall–Kier alpha value is -2.88. The molecule has 4 aromatic rings. The van der Waals surface area contributed by atoms with Crippen LogP contribution in [0, 0.1) is 27.7 Å². The Morgan fingerprint density at radius 1 is 0.917 bits per heavy atom. The molecule has 0 amide bonds. The highest BCUT2D eigenvalue weighted by atomic mass is 16.1. The van der Waals surface area contributed by atoms with Crippen molar-refractivity contribution in [1.29, 1.82) is 0 Å². The van der Waals surface area contributed by atoms with Gasteiger partial charge in [-0.15, -0.1) is 0 Å². The molecule has 2 N–H and O–H groups in total. The molecule has 0 saturated heterocycles. The normalized spacial score (nSPS) is 10.7. The number of hydrogen-bond donors (Lipinski definition) is 2. The maximum atomic E-state index is 10.6. The Kier molecular flexibility index (Phi) is 4.21. The lowest BCUT2D eigenvalue weighted by Gasteiger charge is -1.98. The first kappa shape index (κ1) is 16.0. The molecule has 0 atom stereocenters. The van der Waals surface area contributed by atoms with Gasteiger partial charge >= 0.3 is 0 Å². The van der Waals surface area contributed by atoms with Crippen molar-refractivity contribution in [3.8, 4) is 0 Å². The topological polar surface area (TPSA) is 61.5 Å². The van der Waals surface area contributed by atoms with Crippen molar-refractivity contribution in [3.63, 3.8) is 0 Å². The van der Waals surface area contributed by atoms with E-state index in [1.807, 2.05) is 32.2 Å². The van der Waals surface area contributed by atoms with E-state index in [1.165, 1.54) is 33.2 Å². The van der Waals surface area contributed by atoms with Crippen LogP contribution in [-0.2, 0) is 0 Å². The second-order valence-corrected chi connectivity index (χ2v) is 6.21. The number of carbonyl (C=O) groups excluding carboxylic acids is 1. The number of H-pyrrole nitrogens is 2. The summed E-state index contributed by atoms with van der Waals surface area (Å²) in [4.78, 5) is 13.8. The highest BCUT2D eigenvalue weighted by Crippen LogP contribution is 2.19. The quantitative estimate of drug-likeness (QED) is 0.496. The van der Waals surface area contributed by atoms with Gasteiger partial charge in [0.15, 0.2) is 6.29 Å². The predicted molar refractivity (Wildman–Crippen MR) is 98.7 cm³/mol. The smallest absolute Gasteiger partial charge is 0.168 e. The summed E-state index contributed by atoms with van der Waals surface area (Å²) in [6.07, 6.45) is 2.77. The first-order chi connectivity index (χ1) is 11.5. The van der Waals surface area contributed by atoms with Gasteiger partial charge in [-0.1, -0.05) is 0 Å². The van der Waals surface area contributed by atoms with Gasteiger partial charge < -0.3 is 4.98 Å². The maximum Gasteiger partial charge on any atom is 0.168 e. The molecule has 0 bridgehead atoms. The zero-order valence-corrected chi connectivity index (χ0v) is 14.4. The van der Waals surface area contributed by atoms with Crippen molar-refractivity contribution in [1.82, 2.24) is 15.2 Å². The molecule has 4 nitrogen and oxygen atoms in total. The summed E-state index contributed by atoms with van der Waals surface area (Å²) in [5.74, 6) is 0. The van der Waals surface area contributed by atoms with E-state index in [0.717, 1.165) is 17.2 Å². The van der Waals surface area contributed by atoms with Crippen LogP contribution in [0.15, 0.2) is 36.5 Å². The van der Waals surface area contributed by atoms with Crippen LogP contribution in [0.5, 0.6) is 0 Å². The summed E-state index contributed by atoms with van der Waals surface area (Å²) >= 11 is 0. The van der Waals surface area contributed by atoms with Gasteiger partial charge in [-0.25, -0.2) is 0 Å². The van der Waals surface area contributed by atoms with Gasteiger partial charge in [0.25, 0.3) is 0 Å². The fraction of sp³-hybridized carbons (Fsp3) is 0.200. The third kappa shape index (κ3) is 2.95. The average Bonchev–Trinajstić information content (AvgIpc) is 3.15. The van der Waals surface area contributed by atoms with Crippen molar-refractivity contribution >= 4 is 28.1 Å². The number of benzene rings is 2. The third-order valence-electron chi connectivity index (χ3n) is 4.48. The van der Waals surface area contributed by atoms with E-state index in [-0.39, 0.29) is 0 Å². The van der Waals surface area contributed by atoms with Crippen LogP contribution in [0.4, 0.5) is 0 Å². The van der Waals surface area contributed by atoms with E-state index in [0.29, 0.717) is 5.69 Å². The number of hydrogen-bond acceptors (Lipinski definition) is 2. The third-order valence-corrected chi connectivity index (χ3v) is 4.48. The fourth-order valence-corrected chi connectivity index (χ4v) is 2.70. The van der Waals surface area contributed by atoms with Crippen LogP contribution >= 0.6 is 0 Å². The van der Waals surface area contributed by atoms with E-state index in [9.17, 15) is 4.79 Å². The van der Waals surface area contributed by atoms with Crippen molar-refractivity contribution < 1.29 is 4.79 Å². The van der Waals surface area contributed by atoms with Crippen LogP contribution in [0.1, 0.15) is 32.7 Å². The SMILES string of the molecule is Cc1cc2cc[nH]c2cc1C.Cc1cc2n[nH]c(C=O)c2cc1C. The Bertz CT molecular complexity index is 988. The van der Waals surface area contributed by atoms with E-state index in [4.69, 9.17) is 0 Å². The largest absolute Gasteiger partial charge is 0.361 e. The summed E-state index contributed by atoms with van der Waals surface area (Å²) in [6, 6.07) is 10.5. The summed E-state index contributed by atoms with van der Waals surface area (Å²) in [5, 5.41) is 8.94. The van der Waals surface area contributed by atoms with Crippen LogP contribution < -0.4 is 0 Å². The minimum Gasteiger partial charge on any atom is -0.361 e. The summed E-state index contributed by atoms with van der Waals surface area (Å²) in [6.45, 7) is 8.33. The number of aldehydes is 1. The number of nitrogens with zero attached hydrogens (tertiary/aromatic N) is 1. The van der Waals surface area contributed by atoms with Crippen molar-refractivity contribution in [2.45, 2.75) is 27.7 Å². The molecule has 24 heavy (non-hydrogen) atoms. The molecule has 0 fully saturated rings. The molecule has 2 heterocycles. The van der Waals surface area contributed by atoms with Crippen LogP contribution in [0.25, 0.3) is 21.8 Å². The van der Waals surface area contributed by atoms with Gasteiger partial charge in [-0.2, -0.15) is 5.10 Å². The maximum absolute atomic E-state index is 10.6. The molecule has 0 aliphatic rings. The van der Waals surface area contributed by atoms with E-state index in [1.54, 1.807) is 0 Å². The summed E-state index contributed by atoms with van der Waals surface area (Å²) in [7, 11) is 0. The zero-order valence-electron chi connectivity index (χ0n) is 14.4. The van der Waals surface area contributed by atoms with Gasteiger partial charge in [-0.3, -0.25) is 9.89 Å². The van der Waals surface area contributed by atoms with E-state index in [2.05, 4.69) is 47.2 Å². The first-order valence-electron chi connectivity index (χ1n) is 7.94. The monoisotopic (exact) mass is 319 g/mol. The number of aromatic nitrogens is 3. The van der Waals surface area contributed by atoms with Gasteiger partial charge in [0.05, 0.1) is 5.52 Å². The van der Waals surface area contributed by atoms with Gasteiger partial charge in [0.1, 0.15) is 5.69 Å². The summed E-state index contributed by atoms with van der Waals surface area (Å²) in [5.41, 5.74) is 7.71. The molecular weight excluding hydrogens is 298 g/mol. The highest BCUT2D eigenvalue weighted by molar-refractivity contribution is 5.95. The Morgan fingerprint density at radius 2 is 1.58 bits per heavy atom. The standard InChI is InChI=1S/C10H10N2O.C10H11N/c1-6-3-8-9(4-7(6)2)11-12-10(8)5-13;1-7-5-9-3-4-11-10(9)6-8(7)2/h3-5H,1-2H3,(H,11,12);3-6,11H,1-2H3. The van der Waals surface area contributed by atoms with Crippen molar-refractivity contribution in [2.24, 2.45) is 0 Å². The Labute approximate surface area is 140 Å². The molecule has 0 unspecified atom stereocenters. The molecule has 2 aromatic carbocycles. The molecule has 0 radical (unpaired) electrons. The van der Waals surface area contributed by atoms with Crippen LogP contribution in [0.3, 0.4) is 0 Å². The number of aromatic amines is 2. The highest BCUT2D eigenvalue weighted by Gasteiger charge is 2.05. The summed E-state index contributed by atoms with van der Waals surface area (Å²) < 4.78 is 0. The van der Waals surface area contributed by atoms with E-state index >= 15 is 0 Å². The number of rotatable bonds is 1. The Balaban J connectivity index is 0.000000143. The molecule has 0 aliphatic heterocycles.